The van der Waals surface area contributed by atoms with Crippen LogP contribution in [0.1, 0.15) is 42.9 Å². The highest BCUT2D eigenvalue weighted by Gasteiger charge is 2.25. The molecular weight excluding hydrogens is 248 g/mol. The zero-order chi connectivity index (χ0) is 13.9. The van der Waals surface area contributed by atoms with Gasteiger partial charge in [0.1, 0.15) is 0 Å². The molecule has 0 bridgehead atoms. The Morgan fingerprint density at radius 1 is 1.25 bits per heavy atom. The number of fused-ring (bicyclic) bond motifs is 1. The van der Waals surface area contributed by atoms with E-state index in [1.54, 1.807) is 0 Å². The first-order valence-electron chi connectivity index (χ1n) is 7.86. The van der Waals surface area contributed by atoms with Crippen LogP contribution < -0.4 is 5.32 Å². The lowest BCUT2D eigenvalue weighted by Gasteiger charge is -2.34. The molecule has 1 aliphatic carbocycles. The average Bonchev–Trinajstić information content (AvgIpc) is 2.47. The van der Waals surface area contributed by atoms with Crippen molar-refractivity contribution in [2.75, 3.05) is 33.3 Å². The highest BCUT2D eigenvalue weighted by atomic mass is 16.5. The van der Waals surface area contributed by atoms with Gasteiger partial charge in [-0.25, -0.2) is 0 Å². The van der Waals surface area contributed by atoms with Gasteiger partial charge in [-0.3, -0.25) is 0 Å². The molecule has 1 aliphatic heterocycles. The van der Waals surface area contributed by atoms with Crippen molar-refractivity contribution in [1.29, 1.82) is 0 Å². The van der Waals surface area contributed by atoms with Crippen molar-refractivity contribution in [1.82, 2.24) is 10.2 Å². The Morgan fingerprint density at radius 2 is 2.05 bits per heavy atom. The molecule has 3 unspecified atom stereocenters. The van der Waals surface area contributed by atoms with Crippen molar-refractivity contribution >= 4 is 0 Å². The van der Waals surface area contributed by atoms with E-state index in [1.165, 1.54) is 24.0 Å². The van der Waals surface area contributed by atoms with E-state index in [9.17, 15) is 0 Å². The zero-order valence-corrected chi connectivity index (χ0v) is 12.6. The second-order valence-electron chi connectivity index (χ2n) is 6.32. The first-order chi connectivity index (χ1) is 9.74. The van der Waals surface area contributed by atoms with Crippen molar-refractivity contribution in [2.24, 2.45) is 0 Å². The third-order valence-corrected chi connectivity index (χ3v) is 4.72. The fourth-order valence-corrected chi connectivity index (χ4v) is 3.48. The maximum Gasteiger partial charge on any atom is 0.0826 e. The molecule has 1 saturated heterocycles. The van der Waals surface area contributed by atoms with Crippen LogP contribution in [0.25, 0.3) is 0 Å². The summed E-state index contributed by atoms with van der Waals surface area (Å²) in [5, 5.41) is 3.74. The maximum atomic E-state index is 5.84. The van der Waals surface area contributed by atoms with Gasteiger partial charge in [-0.2, -0.15) is 0 Å². The molecule has 1 heterocycles. The van der Waals surface area contributed by atoms with E-state index >= 15 is 0 Å². The monoisotopic (exact) mass is 274 g/mol. The molecule has 3 heteroatoms. The molecule has 0 spiro atoms. The quantitative estimate of drug-likeness (QED) is 0.917. The predicted octanol–water partition coefficient (Wildman–Crippen LogP) is 2.55. The Bertz CT molecular complexity index is 448. The molecule has 0 aromatic heterocycles. The minimum Gasteiger partial charge on any atom is -0.374 e. The van der Waals surface area contributed by atoms with E-state index < -0.39 is 0 Å². The van der Waals surface area contributed by atoms with Crippen molar-refractivity contribution in [3.8, 4) is 0 Å². The molecule has 1 aromatic carbocycles. The van der Waals surface area contributed by atoms with Crippen LogP contribution in [0.15, 0.2) is 24.3 Å². The standard InChI is InChI=1S/C17H26N2O/c1-13-7-8-17(16-6-4-3-5-15(13)16)18-11-14-12-19(2)9-10-20-14/h3-6,13-14,17-18H,7-12H2,1-2H3. The van der Waals surface area contributed by atoms with Gasteiger partial charge in [0.2, 0.25) is 0 Å². The van der Waals surface area contributed by atoms with Crippen LogP contribution in [-0.4, -0.2) is 44.3 Å². The summed E-state index contributed by atoms with van der Waals surface area (Å²) >= 11 is 0. The summed E-state index contributed by atoms with van der Waals surface area (Å²) in [6, 6.07) is 9.40. The van der Waals surface area contributed by atoms with E-state index in [-0.39, 0.29) is 0 Å². The summed E-state index contributed by atoms with van der Waals surface area (Å²) in [5.74, 6) is 0.696. The number of benzene rings is 1. The molecule has 2 aliphatic rings. The fraction of sp³-hybridized carbons (Fsp3) is 0.647. The number of hydrogen-bond donors (Lipinski definition) is 1. The van der Waals surface area contributed by atoms with Crippen LogP contribution in [0, 0.1) is 0 Å². The lowest BCUT2D eigenvalue weighted by Crippen LogP contribution is -2.45. The largest absolute Gasteiger partial charge is 0.374 e. The van der Waals surface area contributed by atoms with Crippen LogP contribution in [-0.2, 0) is 4.74 Å². The topological polar surface area (TPSA) is 24.5 Å². The molecule has 20 heavy (non-hydrogen) atoms. The van der Waals surface area contributed by atoms with Crippen molar-refractivity contribution in [2.45, 2.75) is 37.8 Å². The normalized spacial score (nSPS) is 31.0. The Kier molecular flexibility index (Phi) is 4.39. The molecule has 0 radical (unpaired) electrons. The van der Waals surface area contributed by atoms with Gasteiger partial charge in [0, 0.05) is 25.7 Å². The van der Waals surface area contributed by atoms with Crippen LogP contribution in [0.3, 0.4) is 0 Å². The molecular formula is C17H26N2O. The van der Waals surface area contributed by atoms with E-state index in [2.05, 4.69) is 48.5 Å². The summed E-state index contributed by atoms with van der Waals surface area (Å²) in [6.45, 7) is 6.26. The molecule has 1 fully saturated rings. The number of nitrogens with one attached hydrogen (secondary N) is 1. The molecule has 3 nitrogen and oxygen atoms in total. The molecule has 0 amide bonds. The number of ether oxygens (including phenoxy) is 1. The number of hydrogen-bond acceptors (Lipinski definition) is 3. The summed E-state index contributed by atoms with van der Waals surface area (Å²) in [7, 11) is 2.17. The van der Waals surface area contributed by atoms with E-state index in [4.69, 9.17) is 4.74 Å². The third-order valence-electron chi connectivity index (χ3n) is 4.72. The van der Waals surface area contributed by atoms with Crippen molar-refractivity contribution < 1.29 is 4.74 Å². The Balaban J connectivity index is 1.62. The second kappa shape index (κ2) is 6.25. The first-order valence-corrected chi connectivity index (χ1v) is 7.86. The minimum absolute atomic E-state index is 0.334. The maximum absolute atomic E-state index is 5.84. The highest BCUT2D eigenvalue weighted by molar-refractivity contribution is 5.34. The van der Waals surface area contributed by atoms with Gasteiger partial charge < -0.3 is 15.0 Å². The van der Waals surface area contributed by atoms with E-state index in [0.717, 1.165) is 26.2 Å². The zero-order valence-electron chi connectivity index (χ0n) is 12.6. The van der Waals surface area contributed by atoms with Crippen LogP contribution in [0.2, 0.25) is 0 Å². The van der Waals surface area contributed by atoms with Crippen LogP contribution in [0.5, 0.6) is 0 Å². The molecule has 3 atom stereocenters. The Morgan fingerprint density at radius 3 is 2.85 bits per heavy atom. The average molecular weight is 274 g/mol. The first kappa shape index (κ1) is 14.1. The van der Waals surface area contributed by atoms with Crippen molar-refractivity contribution in [3.63, 3.8) is 0 Å². The number of likely N-dealkylation sites (N-methyl/N-ethyl adjacent to an activating group) is 1. The predicted molar refractivity (Wildman–Crippen MR) is 82.1 cm³/mol. The van der Waals surface area contributed by atoms with Gasteiger partial charge in [0.05, 0.1) is 12.7 Å². The van der Waals surface area contributed by atoms with Gasteiger partial charge in [0.15, 0.2) is 0 Å². The van der Waals surface area contributed by atoms with Gasteiger partial charge in [-0.05, 0) is 36.9 Å². The highest BCUT2D eigenvalue weighted by Crippen LogP contribution is 2.36. The number of rotatable bonds is 3. The molecule has 110 valence electrons. The summed E-state index contributed by atoms with van der Waals surface area (Å²) in [6.07, 6.45) is 2.85. The van der Waals surface area contributed by atoms with Crippen molar-refractivity contribution in [3.05, 3.63) is 35.4 Å². The second-order valence-corrected chi connectivity index (χ2v) is 6.32. The Hall–Kier alpha value is -0.900. The van der Waals surface area contributed by atoms with Crippen LogP contribution in [0.4, 0.5) is 0 Å². The lowest BCUT2D eigenvalue weighted by molar-refractivity contribution is -0.0195. The van der Waals surface area contributed by atoms with Gasteiger partial charge in [0.25, 0.3) is 0 Å². The van der Waals surface area contributed by atoms with Gasteiger partial charge in [-0.15, -0.1) is 0 Å². The number of nitrogens with zero attached hydrogens (tertiary/aromatic N) is 1. The Labute approximate surface area is 122 Å². The van der Waals surface area contributed by atoms with E-state index in [0.29, 0.717) is 18.1 Å². The summed E-state index contributed by atoms with van der Waals surface area (Å²) in [5.41, 5.74) is 3.02. The molecule has 3 rings (SSSR count). The van der Waals surface area contributed by atoms with Crippen LogP contribution >= 0.6 is 0 Å². The SMILES string of the molecule is CC1CCC(NCC2CN(C)CCO2)c2ccccc21. The minimum atomic E-state index is 0.334. The number of morpholine rings is 1. The van der Waals surface area contributed by atoms with Gasteiger partial charge >= 0.3 is 0 Å². The molecule has 0 saturated carbocycles. The molecule has 1 N–H and O–H groups in total. The lowest BCUT2D eigenvalue weighted by atomic mass is 9.81. The van der Waals surface area contributed by atoms with Gasteiger partial charge in [-0.1, -0.05) is 31.2 Å². The summed E-state index contributed by atoms with van der Waals surface area (Å²) < 4.78 is 5.84. The summed E-state index contributed by atoms with van der Waals surface area (Å²) in [4.78, 5) is 2.35. The fourth-order valence-electron chi connectivity index (χ4n) is 3.48. The third kappa shape index (κ3) is 3.05. The smallest absolute Gasteiger partial charge is 0.0826 e. The van der Waals surface area contributed by atoms with E-state index in [1.807, 2.05) is 0 Å². The molecule has 1 aromatic rings.